The van der Waals surface area contributed by atoms with Crippen molar-refractivity contribution in [1.29, 1.82) is 0 Å². The zero-order valence-corrected chi connectivity index (χ0v) is 11.3. The third kappa shape index (κ3) is 6.97. The van der Waals surface area contributed by atoms with Gasteiger partial charge in [0.25, 0.3) is 0 Å². The van der Waals surface area contributed by atoms with Crippen LogP contribution in [0.25, 0.3) is 0 Å². The molecule has 0 fully saturated rings. The largest absolute Gasteiger partial charge is 0.468 e. The first-order valence-electron chi connectivity index (χ1n) is 6.52. The molecule has 0 aliphatic heterocycles. The fourth-order valence-corrected chi connectivity index (χ4v) is 1.61. The summed E-state index contributed by atoms with van der Waals surface area (Å²) in [5.74, 6) is -1.25. The van der Waals surface area contributed by atoms with Crippen molar-refractivity contribution < 1.29 is 14.3 Å². The summed E-state index contributed by atoms with van der Waals surface area (Å²) < 4.78 is 4.67. The molecule has 1 N–H and O–H groups in total. The summed E-state index contributed by atoms with van der Waals surface area (Å²) in [4.78, 5) is 23.3. The molecule has 0 aromatic carbocycles. The van der Waals surface area contributed by atoms with Crippen LogP contribution in [-0.4, -0.2) is 25.5 Å². The maximum absolute atomic E-state index is 11.8. The second-order valence-electron chi connectivity index (χ2n) is 4.22. The maximum Gasteiger partial charge on any atom is 0.318 e. The molecule has 17 heavy (non-hydrogen) atoms. The molecule has 0 aromatic rings. The second kappa shape index (κ2) is 10.1. The Morgan fingerprint density at radius 3 is 2.29 bits per heavy atom. The standard InChI is InChI=1S/C13H25NO3/c1-4-6-8-9-11(13(16)17-3)12(15)14-10-7-5-2/h11H,4-10H2,1-3H3,(H,14,15). The molecule has 4 nitrogen and oxygen atoms in total. The molecule has 0 saturated carbocycles. The predicted octanol–water partition coefficient (Wildman–Crippen LogP) is 2.27. The molecule has 0 saturated heterocycles. The number of rotatable bonds is 9. The minimum absolute atomic E-state index is 0.193. The summed E-state index contributed by atoms with van der Waals surface area (Å²) in [7, 11) is 1.33. The van der Waals surface area contributed by atoms with E-state index in [1.165, 1.54) is 7.11 Å². The van der Waals surface area contributed by atoms with Gasteiger partial charge in [-0.25, -0.2) is 0 Å². The average Bonchev–Trinajstić information content (AvgIpc) is 2.34. The molecule has 100 valence electrons. The quantitative estimate of drug-likeness (QED) is 0.384. The number of hydrogen-bond donors (Lipinski definition) is 1. The van der Waals surface area contributed by atoms with Gasteiger partial charge in [-0.1, -0.05) is 39.5 Å². The Hall–Kier alpha value is -1.06. The van der Waals surface area contributed by atoms with E-state index in [0.29, 0.717) is 13.0 Å². The van der Waals surface area contributed by atoms with Crippen LogP contribution in [0.15, 0.2) is 0 Å². The molecule has 1 atom stereocenters. The number of carbonyl (C=O) groups is 2. The minimum atomic E-state index is -0.636. The Bertz CT molecular complexity index is 229. The Kier molecular flexibility index (Phi) is 9.49. The van der Waals surface area contributed by atoms with Crippen molar-refractivity contribution in [1.82, 2.24) is 5.32 Å². The van der Waals surface area contributed by atoms with Crippen molar-refractivity contribution in [2.45, 2.75) is 52.4 Å². The smallest absolute Gasteiger partial charge is 0.318 e. The molecule has 0 radical (unpaired) electrons. The lowest BCUT2D eigenvalue weighted by Gasteiger charge is -2.14. The minimum Gasteiger partial charge on any atom is -0.468 e. The normalized spacial score (nSPS) is 11.9. The van der Waals surface area contributed by atoms with Crippen LogP contribution in [0.2, 0.25) is 0 Å². The second-order valence-corrected chi connectivity index (χ2v) is 4.22. The number of esters is 1. The number of methoxy groups -OCH3 is 1. The molecule has 0 spiro atoms. The first kappa shape index (κ1) is 15.9. The molecule has 0 aliphatic carbocycles. The van der Waals surface area contributed by atoms with Gasteiger partial charge in [-0.3, -0.25) is 9.59 Å². The number of hydrogen-bond acceptors (Lipinski definition) is 3. The summed E-state index contributed by atoms with van der Waals surface area (Å²) in [6, 6.07) is 0. The number of amides is 1. The summed E-state index contributed by atoms with van der Waals surface area (Å²) in [6.45, 7) is 4.79. The van der Waals surface area contributed by atoms with E-state index in [-0.39, 0.29) is 5.91 Å². The zero-order chi connectivity index (χ0) is 13.1. The van der Waals surface area contributed by atoms with Gasteiger partial charge in [0.15, 0.2) is 0 Å². The van der Waals surface area contributed by atoms with Crippen LogP contribution in [0.5, 0.6) is 0 Å². The highest BCUT2D eigenvalue weighted by molar-refractivity contribution is 5.97. The summed E-state index contributed by atoms with van der Waals surface area (Å²) >= 11 is 0. The summed E-state index contributed by atoms with van der Waals surface area (Å²) in [5, 5.41) is 2.79. The van der Waals surface area contributed by atoms with Crippen LogP contribution in [-0.2, 0) is 14.3 Å². The molecule has 1 amide bonds. The molecule has 0 bridgehead atoms. The van der Waals surface area contributed by atoms with Crippen LogP contribution in [0.3, 0.4) is 0 Å². The molecule has 0 aromatic heterocycles. The van der Waals surface area contributed by atoms with Gasteiger partial charge in [0.05, 0.1) is 7.11 Å². The van der Waals surface area contributed by atoms with E-state index < -0.39 is 11.9 Å². The highest BCUT2D eigenvalue weighted by Gasteiger charge is 2.26. The Morgan fingerprint density at radius 2 is 1.76 bits per heavy atom. The Balaban J connectivity index is 4.15. The Labute approximate surface area is 104 Å². The number of ether oxygens (including phenoxy) is 1. The topological polar surface area (TPSA) is 55.4 Å². The van der Waals surface area contributed by atoms with Gasteiger partial charge in [-0.15, -0.1) is 0 Å². The zero-order valence-electron chi connectivity index (χ0n) is 11.3. The number of nitrogens with one attached hydrogen (secondary N) is 1. The van der Waals surface area contributed by atoms with Gasteiger partial charge in [-0.05, 0) is 12.8 Å². The van der Waals surface area contributed by atoms with E-state index in [2.05, 4.69) is 23.9 Å². The van der Waals surface area contributed by atoms with E-state index in [0.717, 1.165) is 32.1 Å². The molecular weight excluding hydrogens is 218 g/mol. The van der Waals surface area contributed by atoms with E-state index in [9.17, 15) is 9.59 Å². The van der Waals surface area contributed by atoms with Gasteiger partial charge in [0.2, 0.25) is 5.91 Å². The monoisotopic (exact) mass is 243 g/mol. The van der Waals surface area contributed by atoms with Crippen molar-refractivity contribution in [3.05, 3.63) is 0 Å². The third-order valence-corrected chi connectivity index (χ3v) is 2.73. The van der Waals surface area contributed by atoms with Crippen molar-refractivity contribution in [2.24, 2.45) is 5.92 Å². The fraction of sp³-hybridized carbons (Fsp3) is 0.846. The highest BCUT2D eigenvalue weighted by Crippen LogP contribution is 2.12. The molecule has 0 rings (SSSR count). The summed E-state index contributed by atoms with van der Waals surface area (Å²) in [5.41, 5.74) is 0. The van der Waals surface area contributed by atoms with E-state index >= 15 is 0 Å². The predicted molar refractivity (Wildman–Crippen MR) is 67.6 cm³/mol. The van der Waals surface area contributed by atoms with Crippen LogP contribution < -0.4 is 5.32 Å². The van der Waals surface area contributed by atoms with Gasteiger partial charge in [0.1, 0.15) is 5.92 Å². The van der Waals surface area contributed by atoms with Gasteiger partial charge in [0, 0.05) is 6.54 Å². The van der Waals surface area contributed by atoms with Crippen LogP contribution in [0.1, 0.15) is 52.4 Å². The number of carbonyl (C=O) groups excluding carboxylic acids is 2. The summed E-state index contributed by atoms with van der Waals surface area (Å²) in [6.07, 6.45) is 5.55. The van der Waals surface area contributed by atoms with Crippen molar-refractivity contribution >= 4 is 11.9 Å². The average molecular weight is 243 g/mol. The number of unbranched alkanes of at least 4 members (excludes halogenated alkanes) is 3. The Morgan fingerprint density at radius 1 is 1.12 bits per heavy atom. The SMILES string of the molecule is CCCCCC(C(=O)NCCCC)C(=O)OC. The van der Waals surface area contributed by atoms with Crippen molar-refractivity contribution in [3.8, 4) is 0 Å². The molecule has 0 aliphatic rings. The van der Waals surface area contributed by atoms with Gasteiger partial charge < -0.3 is 10.1 Å². The third-order valence-electron chi connectivity index (χ3n) is 2.73. The van der Waals surface area contributed by atoms with E-state index in [1.54, 1.807) is 0 Å². The van der Waals surface area contributed by atoms with Crippen molar-refractivity contribution in [2.75, 3.05) is 13.7 Å². The van der Waals surface area contributed by atoms with Crippen molar-refractivity contribution in [3.63, 3.8) is 0 Å². The van der Waals surface area contributed by atoms with Gasteiger partial charge >= 0.3 is 5.97 Å². The van der Waals surface area contributed by atoms with Crippen LogP contribution in [0.4, 0.5) is 0 Å². The molecule has 4 heteroatoms. The lowest BCUT2D eigenvalue weighted by atomic mass is 10.0. The highest BCUT2D eigenvalue weighted by atomic mass is 16.5. The van der Waals surface area contributed by atoms with Gasteiger partial charge in [-0.2, -0.15) is 0 Å². The fourth-order valence-electron chi connectivity index (χ4n) is 1.61. The first-order chi connectivity index (χ1) is 8.17. The first-order valence-corrected chi connectivity index (χ1v) is 6.52. The molecule has 0 heterocycles. The molecule has 1 unspecified atom stereocenters. The molecular formula is C13H25NO3. The van der Waals surface area contributed by atoms with Crippen LogP contribution >= 0.6 is 0 Å². The maximum atomic E-state index is 11.8. The van der Waals surface area contributed by atoms with E-state index in [4.69, 9.17) is 0 Å². The van der Waals surface area contributed by atoms with E-state index in [1.807, 2.05) is 0 Å². The lowest BCUT2D eigenvalue weighted by molar-refractivity contribution is -0.150. The van der Waals surface area contributed by atoms with Crippen LogP contribution in [0, 0.1) is 5.92 Å². The lowest BCUT2D eigenvalue weighted by Crippen LogP contribution is -2.36.